The summed E-state index contributed by atoms with van der Waals surface area (Å²) in [5, 5.41) is 2.55. The number of halogens is 2. The number of rotatable bonds is 8. The third kappa shape index (κ3) is 6.44. The Kier molecular flexibility index (Phi) is 8.86. The van der Waals surface area contributed by atoms with Gasteiger partial charge in [0.25, 0.3) is 5.91 Å². The summed E-state index contributed by atoms with van der Waals surface area (Å²) in [6.45, 7) is 3.08. The van der Waals surface area contributed by atoms with E-state index in [1.54, 1.807) is 0 Å². The van der Waals surface area contributed by atoms with Crippen LogP contribution in [0.3, 0.4) is 0 Å². The Morgan fingerprint density at radius 2 is 1.56 bits per heavy atom. The molecule has 1 aliphatic carbocycles. The summed E-state index contributed by atoms with van der Waals surface area (Å²) < 4.78 is 10.1. The number of hydrogen-bond acceptors (Lipinski definition) is 7. The number of carbonyl (C=O) groups is 5. The largest absolute Gasteiger partial charge is 0.462 e. The summed E-state index contributed by atoms with van der Waals surface area (Å²) in [7, 11) is 0. The van der Waals surface area contributed by atoms with Crippen LogP contribution in [0.15, 0.2) is 24.3 Å². The number of likely N-dealkylation sites (tertiary alicyclic amines) is 1. The number of nitrogens with one attached hydrogen (secondary N) is 1. The second-order valence-electron chi connectivity index (χ2n) is 8.76. The molecule has 0 radical (unpaired) electrons. The Hall–Kier alpha value is -2.27. The smallest absolute Gasteiger partial charge is 0.338 e. The predicted molar refractivity (Wildman–Crippen MR) is 130 cm³/mol. The lowest BCUT2D eigenvalue weighted by atomic mass is 9.81. The van der Waals surface area contributed by atoms with Crippen molar-refractivity contribution in [3.63, 3.8) is 0 Å². The van der Waals surface area contributed by atoms with E-state index in [-0.39, 0.29) is 27.4 Å². The Bertz CT molecular complexity index is 939. The zero-order chi connectivity index (χ0) is 25.0. The van der Waals surface area contributed by atoms with E-state index in [0.717, 1.165) is 4.90 Å². The van der Waals surface area contributed by atoms with E-state index in [1.165, 1.54) is 24.3 Å². The van der Waals surface area contributed by atoms with E-state index in [1.807, 2.05) is 13.8 Å². The molecule has 9 nitrogen and oxygen atoms in total. The van der Waals surface area contributed by atoms with Gasteiger partial charge in [-0.05, 0) is 43.0 Å². The Morgan fingerprint density at radius 3 is 2.09 bits per heavy atom. The van der Waals surface area contributed by atoms with Crippen LogP contribution in [0.2, 0.25) is 0 Å². The summed E-state index contributed by atoms with van der Waals surface area (Å²) in [5.41, 5.74) is 0.757. The molecule has 1 saturated heterocycles. The molecule has 11 heteroatoms. The van der Waals surface area contributed by atoms with E-state index < -0.39 is 42.8 Å². The number of benzene rings is 1. The van der Waals surface area contributed by atoms with Crippen LogP contribution in [-0.2, 0) is 28.7 Å². The van der Waals surface area contributed by atoms with Crippen molar-refractivity contribution in [3.8, 4) is 0 Å². The van der Waals surface area contributed by atoms with Crippen LogP contribution in [0.1, 0.15) is 37.0 Å². The number of alkyl halides is 2. The van der Waals surface area contributed by atoms with Crippen molar-refractivity contribution >= 4 is 67.2 Å². The highest BCUT2D eigenvalue weighted by Gasteiger charge is 2.52. The second kappa shape index (κ2) is 11.4. The minimum atomic E-state index is -0.843. The van der Waals surface area contributed by atoms with Gasteiger partial charge in [-0.15, -0.1) is 0 Å². The zero-order valence-electron chi connectivity index (χ0n) is 18.8. The predicted octanol–water partition coefficient (Wildman–Crippen LogP) is 2.90. The standard InChI is InChI=1S/C23H26Br2N2O7/c1-12(2)10-34-23(32)13-3-5-14(6-4-13)26-19(28)11-33-20(29)9-27-21(30)15-7-17(24)18(25)8-16(15)22(27)31/h3-6,12,15-18H,7-11H2,1-2H3,(H,26,28)/t15-,16+,17-,18-/m0/s1. The fourth-order valence-corrected chi connectivity index (χ4v) is 5.09. The molecule has 1 heterocycles. The number of anilines is 1. The lowest BCUT2D eigenvalue weighted by Gasteiger charge is -2.29. The van der Waals surface area contributed by atoms with E-state index in [2.05, 4.69) is 37.2 Å². The molecule has 184 valence electrons. The molecule has 4 atom stereocenters. The lowest BCUT2D eigenvalue weighted by molar-refractivity contribution is -0.154. The number of nitrogens with zero attached hydrogens (tertiary/aromatic N) is 1. The normalized spacial score (nSPS) is 24.1. The molecule has 34 heavy (non-hydrogen) atoms. The SMILES string of the molecule is CC(C)COC(=O)c1ccc(NC(=O)COC(=O)CN2C(=O)[C@H]3C[C@H](Br)[C@@H](Br)C[C@H]3C2=O)cc1. The fourth-order valence-electron chi connectivity index (χ4n) is 3.85. The topological polar surface area (TPSA) is 119 Å². The van der Waals surface area contributed by atoms with Crippen LogP contribution in [0.25, 0.3) is 0 Å². The molecule has 0 spiro atoms. The van der Waals surface area contributed by atoms with Gasteiger partial charge in [-0.1, -0.05) is 45.7 Å². The first-order valence-electron chi connectivity index (χ1n) is 10.9. The second-order valence-corrected chi connectivity index (χ2v) is 11.1. The van der Waals surface area contributed by atoms with Gasteiger partial charge in [-0.25, -0.2) is 4.79 Å². The van der Waals surface area contributed by atoms with Crippen molar-refractivity contribution < 1.29 is 33.4 Å². The molecule has 3 rings (SSSR count). The van der Waals surface area contributed by atoms with E-state index in [4.69, 9.17) is 9.47 Å². The fraction of sp³-hybridized carbons (Fsp3) is 0.522. The highest BCUT2D eigenvalue weighted by molar-refractivity contribution is 9.12. The van der Waals surface area contributed by atoms with Gasteiger partial charge in [0.05, 0.1) is 24.0 Å². The molecule has 1 aromatic rings. The monoisotopic (exact) mass is 600 g/mol. The first-order chi connectivity index (χ1) is 16.1. The third-order valence-electron chi connectivity index (χ3n) is 5.61. The number of hydrogen-bond donors (Lipinski definition) is 1. The quantitative estimate of drug-likeness (QED) is 0.276. The van der Waals surface area contributed by atoms with Crippen molar-refractivity contribution in [2.24, 2.45) is 17.8 Å². The lowest BCUT2D eigenvalue weighted by Crippen LogP contribution is -2.37. The Labute approximate surface area is 214 Å². The van der Waals surface area contributed by atoms with Crippen LogP contribution >= 0.6 is 31.9 Å². The van der Waals surface area contributed by atoms with Crippen molar-refractivity contribution in [3.05, 3.63) is 29.8 Å². The van der Waals surface area contributed by atoms with Gasteiger partial charge < -0.3 is 14.8 Å². The molecule has 1 aliphatic heterocycles. The summed E-state index contributed by atoms with van der Waals surface area (Å²) in [6, 6.07) is 6.10. The van der Waals surface area contributed by atoms with Crippen molar-refractivity contribution in [1.82, 2.24) is 4.90 Å². The van der Waals surface area contributed by atoms with Crippen LogP contribution in [-0.4, -0.2) is 64.0 Å². The number of amides is 3. The Balaban J connectivity index is 1.45. The maximum Gasteiger partial charge on any atom is 0.338 e. The van der Waals surface area contributed by atoms with Gasteiger partial charge in [-0.3, -0.25) is 24.1 Å². The number of imide groups is 1. The third-order valence-corrected chi connectivity index (χ3v) is 8.34. The van der Waals surface area contributed by atoms with E-state index >= 15 is 0 Å². The van der Waals surface area contributed by atoms with Crippen LogP contribution in [0.4, 0.5) is 5.69 Å². The first-order valence-corrected chi connectivity index (χ1v) is 12.8. The van der Waals surface area contributed by atoms with Gasteiger partial charge in [0.2, 0.25) is 11.8 Å². The molecule has 1 saturated carbocycles. The van der Waals surface area contributed by atoms with Crippen molar-refractivity contribution in [1.29, 1.82) is 0 Å². The van der Waals surface area contributed by atoms with Gasteiger partial charge >= 0.3 is 11.9 Å². The zero-order valence-corrected chi connectivity index (χ0v) is 22.0. The van der Waals surface area contributed by atoms with Crippen molar-refractivity contribution in [2.45, 2.75) is 36.3 Å². The minimum absolute atomic E-state index is 0.0702. The van der Waals surface area contributed by atoms with Crippen LogP contribution in [0, 0.1) is 17.8 Å². The summed E-state index contributed by atoms with van der Waals surface area (Å²) in [5.74, 6) is -3.34. The van der Waals surface area contributed by atoms with E-state index in [9.17, 15) is 24.0 Å². The van der Waals surface area contributed by atoms with Crippen LogP contribution in [0.5, 0.6) is 0 Å². The highest BCUT2D eigenvalue weighted by atomic mass is 79.9. The molecule has 2 fully saturated rings. The first kappa shape index (κ1) is 26.3. The molecular formula is C23H26Br2N2O7. The Morgan fingerprint density at radius 1 is 1.00 bits per heavy atom. The maximum atomic E-state index is 12.6. The molecule has 1 N–H and O–H groups in total. The molecule has 3 amide bonds. The van der Waals surface area contributed by atoms with Gasteiger partial charge in [0.15, 0.2) is 6.61 Å². The minimum Gasteiger partial charge on any atom is -0.462 e. The number of fused-ring (bicyclic) bond motifs is 1. The molecule has 0 unspecified atom stereocenters. The van der Waals surface area contributed by atoms with Gasteiger partial charge in [0, 0.05) is 15.3 Å². The number of ether oxygens (including phenoxy) is 2. The van der Waals surface area contributed by atoms with Crippen LogP contribution < -0.4 is 5.32 Å². The number of carbonyl (C=O) groups excluding carboxylic acids is 5. The highest BCUT2D eigenvalue weighted by Crippen LogP contribution is 2.43. The molecule has 1 aromatic carbocycles. The van der Waals surface area contributed by atoms with E-state index in [0.29, 0.717) is 30.7 Å². The summed E-state index contributed by atoms with van der Waals surface area (Å²) in [6.07, 6.45) is 1.01. The summed E-state index contributed by atoms with van der Waals surface area (Å²) >= 11 is 7.02. The number of esters is 2. The van der Waals surface area contributed by atoms with Gasteiger partial charge in [-0.2, -0.15) is 0 Å². The average molecular weight is 602 g/mol. The maximum absolute atomic E-state index is 12.6. The molecule has 2 aliphatic rings. The van der Waals surface area contributed by atoms with Gasteiger partial charge in [0.1, 0.15) is 6.54 Å². The summed E-state index contributed by atoms with van der Waals surface area (Å²) in [4.78, 5) is 62.5. The average Bonchev–Trinajstić information content (AvgIpc) is 3.01. The molecule has 0 bridgehead atoms. The molecule has 0 aromatic heterocycles. The van der Waals surface area contributed by atoms with Crippen molar-refractivity contribution in [2.75, 3.05) is 25.1 Å². The molecular weight excluding hydrogens is 576 g/mol.